The van der Waals surface area contributed by atoms with Crippen LogP contribution in [0.1, 0.15) is 45.5 Å². The standard InChI is InChI=1S/C15H20N4S/c1-9-10(2)20-14(17-9)8-16-15-12-6-4-5-7-13(12)18-11(3)19-15/h4-8H2,1-3H3,(H,16,18,19). The lowest BCUT2D eigenvalue weighted by atomic mass is 9.96. The molecule has 4 nitrogen and oxygen atoms in total. The van der Waals surface area contributed by atoms with Crippen molar-refractivity contribution in [1.29, 1.82) is 0 Å². The smallest absolute Gasteiger partial charge is 0.133 e. The number of nitrogens with zero attached hydrogens (tertiary/aromatic N) is 3. The predicted molar refractivity (Wildman–Crippen MR) is 82.3 cm³/mol. The lowest BCUT2D eigenvalue weighted by Gasteiger charge is -2.18. The lowest BCUT2D eigenvalue weighted by molar-refractivity contribution is 0.659. The Balaban J connectivity index is 1.81. The minimum absolute atomic E-state index is 0.752. The van der Waals surface area contributed by atoms with Crippen LogP contribution in [0.15, 0.2) is 0 Å². The average Bonchev–Trinajstić information content (AvgIpc) is 2.75. The van der Waals surface area contributed by atoms with Crippen LogP contribution in [0, 0.1) is 20.8 Å². The number of hydrogen-bond acceptors (Lipinski definition) is 5. The van der Waals surface area contributed by atoms with Gasteiger partial charge in [-0.05, 0) is 46.5 Å². The first-order chi connectivity index (χ1) is 9.63. The van der Waals surface area contributed by atoms with E-state index in [-0.39, 0.29) is 0 Å². The molecule has 2 heterocycles. The Morgan fingerprint density at radius 2 is 1.85 bits per heavy atom. The Labute approximate surface area is 123 Å². The second-order valence-corrected chi connectivity index (χ2v) is 6.64. The summed E-state index contributed by atoms with van der Waals surface area (Å²) in [5.41, 5.74) is 3.68. The minimum Gasteiger partial charge on any atom is -0.363 e. The van der Waals surface area contributed by atoms with Crippen LogP contribution in [0.4, 0.5) is 5.82 Å². The molecule has 1 N–H and O–H groups in total. The van der Waals surface area contributed by atoms with Crippen LogP contribution in [-0.2, 0) is 19.4 Å². The predicted octanol–water partition coefficient (Wildman–Crippen LogP) is 3.35. The molecule has 0 atom stereocenters. The van der Waals surface area contributed by atoms with Gasteiger partial charge in [-0.3, -0.25) is 0 Å². The van der Waals surface area contributed by atoms with Gasteiger partial charge in [0.25, 0.3) is 0 Å². The van der Waals surface area contributed by atoms with Gasteiger partial charge in [0, 0.05) is 16.1 Å². The van der Waals surface area contributed by atoms with Gasteiger partial charge in [-0.1, -0.05) is 0 Å². The van der Waals surface area contributed by atoms with E-state index in [4.69, 9.17) is 0 Å². The van der Waals surface area contributed by atoms with E-state index in [0.717, 1.165) is 41.7 Å². The monoisotopic (exact) mass is 288 g/mol. The van der Waals surface area contributed by atoms with Crippen molar-refractivity contribution >= 4 is 17.2 Å². The van der Waals surface area contributed by atoms with Crippen LogP contribution in [0.3, 0.4) is 0 Å². The highest BCUT2D eigenvalue weighted by molar-refractivity contribution is 7.11. The molecule has 0 amide bonds. The molecule has 0 aromatic carbocycles. The molecule has 1 aliphatic carbocycles. The summed E-state index contributed by atoms with van der Waals surface area (Å²) in [6.07, 6.45) is 4.66. The Bertz CT molecular complexity index is 614. The number of rotatable bonds is 3. The number of thiazole rings is 1. The van der Waals surface area contributed by atoms with Crippen molar-refractivity contribution in [3.05, 3.63) is 32.7 Å². The first-order valence-electron chi connectivity index (χ1n) is 7.16. The first-order valence-corrected chi connectivity index (χ1v) is 7.98. The van der Waals surface area contributed by atoms with Crippen molar-refractivity contribution in [1.82, 2.24) is 15.0 Å². The van der Waals surface area contributed by atoms with E-state index in [2.05, 4.69) is 34.1 Å². The summed E-state index contributed by atoms with van der Waals surface area (Å²) < 4.78 is 0. The van der Waals surface area contributed by atoms with Gasteiger partial charge in [0.05, 0.1) is 12.2 Å². The van der Waals surface area contributed by atoms with Gasteiger partial charge in [-0.2, -0.15) is 0 Å². The highest BCUT2D eigenvalue weighted by atomic mass is 32.1. The molecular formula is C15H20N4S. The molecule has 0 saturated heterocycles. The highest BCUT2D eigenvalue weighted by Crippen LogP contribution is 2.26. The van der Waals surface area contributed by atoms with Crippen molar-refractivity contribution < 1.29 is 0 Å². The summed E-state index contributed by atoms with van der Waals surface area (Å²) in [5, 5.41) is 4.59. The van der Waals surface area contributed by atoms with Gasteiger partial charge in [0.2, 0.25) is 0 Å². The van der Waals surface area contributed by atoms with E-state index in [9.17, 15) is 0 Å². The zero-order valence-corrected chi connectivity index (χ0v) is 13.1. The van der Waals surface area contributed by atoms with Crippen molar-refractivity contribution in [2.24, 2.45) is 0 Å². The average molecular weight is 288 g/mol. The van der Waals surface area contributed by atoms with Gasteiger partial charge in [0.15, 0.2) is 0 Å². The number of hydrogen-bond donors (Lipinski definition) is 1. The third-order valence-electron chi connectivity index (χ3n) is 3.77. The van der Waals surface area contributed by atoms with Crippen molar-refractivity contribution in [3.63, 3.8) is 0 Å². The van der Waals surface area contributed by atoms with Crippen LogP contribution < -0.4 is 5.32 Å². The van der Waals surface area contributed by atoms with E-state index in [1.807, 2.05) is 6.92 Å². The van der Waals surface area contributed by atoms with Crippen LogP contribution in [0.25, 0.3) is 0 Å². The second kappa shape index (κ2) is 5.48. The molecule has 3 rings (SSSR count). The Kier molecular flexibility index (Phi) is 3.70. The van der Waals surface area contributed by atoms with E-state index < -0.39 is 0 Å². The topological polar surface area (TPSA) is 50.7 Å². The highest BCUT2D eigenvalue weighted by Gasteiger charge is 2.17. The van der Waals surface area contributed by atoms with E-state index in [1.165, 1.54) is 29.0 Å². The molecular weight excluding hydrogens is 268 g/mol. The van der Waals surface area contributed by atoms with Crippen LogP contribution in [0.5, 0.6) is 0 Å². The molecule has 1 aliphatic rings. The molecule has 0 spiro atoms. The fourth-order valence-corrected chi connectivity index (χ4v) is 3.51. The summed E-state index contributed by atoms with van der Waals surface area (Å²) in [6, 6.07) is 0. The maximum Gasteiger partial charge on any atom is 0.133 e. The van der Waals surface area contributed by atoms with E-state index in [1.54, 1.807) is 11.3 Å². The molecule has 20 heavy (non-hydrogen) atoms. The van der Waals surface area contributed by atoms with Gasteiger partial charge < -0.3 is 5.32 Å². The summed E-state index contributed by atoms with van der Waals surface area (Å²) >= 11 is 1.76. The van der Waals surface area contributed by atoms with Gasteiger partial charge in [-0.15, -0.1) is 11.3 Å². The molecule has 0 saturated carbocycles. The quantitative estimate of drug-likeness (QED) is 0.941. The largest absolute Gasteiger partial charge is 0.363 e. The molecule has 106 valence electrons. The Morgan fingerprint density at radius 1 is 1.05 bits per heavy atom. The third kappa shape index (κ3) is 2.68. The number of aromatic nitrogens is 3. The molecule has 0 bridgehead atoms. The Morgan fingerprint density at radius 3 is 2.60 bits per heavy atom. The summed E-state index contributed by atoms with van der Waals surface area (Å²) in [6.45, 7) is 6.90. The summed E-state index contributed by atoms with van der Waals surface area (Å²) in [4.78, 5) is 15.0. The fourth-order valence-electron chi connectivity index (χ4n) is 2.64. The van der Waals surface area contributed by atoms with Crippen LogP contribution in [0.2, 0.25) is 0 Å². The van der Waals surface area contributed by atoms with E-state index >= 15 is 0 Å². The molecule has 5 heteroatoms. The second-order valence-electron chi connectivity index (χ2n) is 5.35. The zero-order valence-electron chi connectivity index (χ0n) is 12.3. The third-order valence-corrected chi connectivity index (χ3v) is 4.85. The number of nitrogens with one attached hydrogen (secondary N) is 1. The van der Waals surface area contributed by atoms with Gasteiger partial charge in [-0.25, -0.2) is 15.0 Å². The number of anilines is 1. The molecule has 2 aromatic heterocycles. The van der Waals surface area contributed by atoms with Gasteiger partial charge in [0.1, 0.15) is 16.6 Å². The molecule has 2 aromatic rings. The summed E-state index contributed by atoms with van der Waals surface area (Å²) in [5.74, 6) is 1.87. The fraction of sp³-hybridized carbons (Fsp3) is 0.533. The van der Waals surface area contributed by atoms with E-state index in [0.29, 0.717) is 0 Å². The maximum absolute atomic E-state index is 4.59. The van der Waals surface area contributed by atoms with Gasteiger partial charge >= 0.3 is 0 Å². The molecule has 0 unspecified atom stereocenters. The lowest BCUT2D eigenvalue weighted by Crippen LogP contribution is -2.13. The summed E-state index contributed by atoms with van der Waals surface area (Å²) in [7, 11) is 0. The van der Waals surface area contributed by atoms with Crippen LogP contribution in [-0.4, -0.2) is 15.0 Å². The molecule has 0 aliphatic heterocycles. The number of aryl methyl sites for hydroxylation is 4. The van der Waals surface area contributed by atoms with Crippen molar-refractivity contribution in [3.8, 4) is 0 Å². The van der Waals surface area contributed by atoms with Crippen LogP contribution >= 0.6 is 11.3 Å². The maximum atomic E-state index is 4.59. The van der Waals surface area contributed by atoms with Crippen molar-refractivity contribution in [2.45, 2.75) is 53.0 Å². The van der Waals surface area contributed by atoms with Crippen molar-refractivity contribution in [2.75, 3.05) is 5.32 Å². The molecule has 0 radical (unpaired) electrons. The minimum atomic E-state index is 0.752. The SMILES string of the molecule is Cc1nc2c(c(NCc3nc(C)c(C)s3)n1)CCCC2. The Hall–Kier alpha value is -1.49. The molecule has 0 fully saturated rings. The first kappa shape index (κ1) is 13.5. The number of fused-ring (bicyclic) bond motifs is 1. The zero-order chi connectivity index (χ0) is 14.1. The normalized spacial score (nSPS) is 14.2.